The number of aliphatic hydroxyl groups is 1. The van der Waals surface area contributed by atoms with Crippen LogP contribution in [0, 0.1) is 0 Å². The molecule has 0 bridgehead atoms. The number of esters is 2. The summed E-state index contributed by atoms with van der Waals surface area (Å²) in [6.45, 7) is 6.28. The van der Waals surface area contributed by atoms with Gasteiger partial charge in [0.15, 0.2) is 5.60 Å². The predicted molar refractivity (Wildman–Crippen MR) is 59.3 cm³/mol. The summed E-state index contributed by atoms with van der Waals surface area (Å²) in [6.07, 6.45) is 0.198. The number of carbonyl (C=O) groups is 3. The van der Waals surface area contributed by atoms with Gasteiger partial charge in [-0.05, 0) is 0 Å². The summed E-state index contributed by atoms with van der Waals surface area (Å²) in [4.78, 5) is 33.2. The first-order valence-corrected chi connectivity index (χ1v) is 4.88. The van der Waals surface area contributed by atoms with Crippen molar-refractivity contribution in [3.8, 4) is 0 Å². The normalized spacial score (nSPS) is 12.9. The van der Waals surface area contributed by atoms with Crippen molar-refractivity contribution >= 4 is 17.9 Å². The molecule has 7 heteroatoms. The molecule has 0 aliphatic carbocycles. The Balaban J connectivity index is 4.80. The smallest absolute Gasteiger partial charge is 0.344 e. The third kappa shape index (κ3) is 5.26. The molecule has 2 N–H and O–H groups in total. The van der Waals surface area contributed by atoms with Crippen LogP contribution in [-0.2, 0) is 23.9 Å². The third-order valence-corrected chi connectivity index (χ3v) is 1.81. The Morgan fingerprint density at radius 3 is 2.28 bits per heavy atom. The molecule has 0 saturated carbocycles. The van der Waals surface area contributed by atoms with Crippen LogP contribution in [-0.4, -0.2) is 40.3 Å². The Morgan fingerprint density at radius 2 is 1.83 bits per heavy atom. The molecule has 1 atom stereocenters. The van der Waals surface area contributed by atoms with Crippen LogP contribution >= 0.6 is 0 Å². The monoisotopic (exact) mass is 258 g/mol. The van der Waals surface area contributed by atoms with Gasteiger partial charge in [-0.3, -0.25) is 9.59 Å². The van der Waals surface area contributed by atoms with Gasteiger partial charge in [-0.15, -0.1) is 0 Å². The van der Waals surface area contributed by atoms with Gasteiger partial charge in [0.05, 0.1) is 19.1 Å². The van der Waals surface area contributed by atoms with E-state index in [2.05, 4.69) is 22.6 Å². The Morgan fingerprint density at radius 1 is 1.22 bits per heavy atom. The van der Waals surface area contributed by atoms with Gasteiger partial charge in [0.25, 0.3) is 0 Å². The minimum Gasteiger partial charge on any atom is -0.481 e. The van der Waals surface area contributed by atoms with E-state index in [1.54, 1.807) is 0 Å². The van der Waals surface area contributed by atoms with Crippen LogP contribution < -0.4 is 0 Å². The molecule has 0 radical (unpaired) electrons. The van der Waals surface area contributed by atoms with Crippen molar-refractivity contribution in [1.82, 2.24) is 0 Å². The van der Waals surface area contributed by atoms with Crippen molar-refractivity contribution in [2.75, 3.05) is 6.61 Å². The van der Waals surface area contributed by atoms with Crippen LogP contribution in [0.5, 0.6) is 0 Å². The van der Waals surface area contributed by atoms with Gasteiger partial charge >= 0.3 is 17.9 Å². The fraction of sp³-hybridized carbons (Fsp3) is 0.364. The molecule has 0 saturated heterocycles. The first-order valence-electron chi connectivity index (χ1n) is 4.88. The summed E-state index contributed by atoms with van der Waals surface area (Å²) < 4.78 is 8.85. The zero-order valence-electron chi connectivity index (χ0n) is 9.63. The van der Waals surface area contributed by atoms with Gasteiger partial charge in [0, 0.05) is 0 Å². The zero-order valence-corrected chi connectivity index (χ0v) is 9.63. The molecule has 0 heterocycles. The second-order valence-electron chi connectivity index (χ2n) is 3.32. The highest BCUT2D eigenvalue weighted by molar-refractivity contribution is 5.89. The zero-order chi connectivity index (χ0) is 14.2. The Hall–Kier alpha value is -2.15. The maximum Gasteiger partial charge on any atom is 0.344 e. The number of hydrogen-bond acceptors (Lipinski definition) is 6. The van der Waals surface area contributed by atoms with Crippen LogP contribution in [0.15, 0.2) is 25.5 Å². The molecule has 0 fully saturated rings. The van der Waals surface area contributed by atoms with E-state index in [9.17, 15) is 19.5 Å². The van der Waals surface area contributed by atoms with Gasteiger partial charge in [0.2, 0.25) is 0 Å². The second-order valence-corrected chi connectivity index (χ2v) is 3.32. The lowest BCUT2D eigenvalue weighted by Crippen LogP contribution is -2.43. The Bertz CT molecular complexity index is 360. The van der Waals surface area contributed by atoms with Gasteiger partial charge < -0.3 is 19.7 Å². The van der Waals surface area contributed by atoms with E-state index >= 15 is 0 Å². The molecule has 0 aromatic carbocycles. The summed E-state index contributed by atoms with van der Waals surface area (Å²) in [5.41, 5.74) is -2.49. The van der Waals surface area contributed by atoms with E-state index in [-0.39, 0.29) is 6.61 Å². The molecule has 100 valence electrons. The number of carboxylic acids is 1. The number of hydrogen-bond donors (Lipinski definition) is 2. The minimum atomic E-state index is -2.49. The lowest BCUT2D eigenvalue weighted by Gasteiger charge is -2.22. The highest BCUT2D eigenvalue weighted by atomic mass is 16.6. The SMILES string of the molecule is C=CCOC(=O)CC(O)(CC(=O)O)C(=O)OC=C. The average molecular weight is 258 g/mol. The van der Waals surface area contributed by atoms with Gasteiger partial charge in [0.1, 0.15) is 6.61 Å². The van der Waals surface area contributed by atoms with Gasteiger partial charge in [-0.25, -0.2) is 4.79 Å². The molecular weight excluding hydrogens is 244 g/mol. The topological polar surface area (TPSA) is 110 Å². The van der Waals surface area contributed by atoms with Crippen molar-refractivity contribution in [3.63, 3.8) is 0 Å². The molecule has 0 aliphatic rings. The van der Waals surface area contributed by atoms with Crippen LogP contribution in [0.2, 0.25) is 0 Å². The van der Waals surface area contributed by atoms with E-state index in [1.165, 1.54) is 6.08 Å². The number of rotatable bonds is 8. The summed E-state index contributed by atoms with van der Waals surface area (Å²) in [5, 5.41) is 18.4. The molecular formula is C11H14O7. The highest BCUT2D eigenvalue weighted by Crippen LogP contribution is 2.19. The summed E-state index contributed by atoms with van der Waals surface area (Å²) in [7, 11) is 0. The van der Waals surface area contributed by atoms with E-state index < -0.39 is 36.4 Å². The largest absolute Gasteiger partial charge is 0.481 e. The van der Waals surface area contributed by atoms with Crippen LogP contribution in [0.1, 0.15) is 12.8 Å². The lowest BCUT2D eigenvalue weighted by atomic mass is 9.96. The van der Waals surface area contributed by atoms with Crippen molar-refractivity contribution < 1.29 is 34.1 Å². The average Bonchev–Trinajstić information content (AvgIpc) is 2.25. The Kier molecular flexibility index (Phi) is 6.37. The maximum atomic E-state index is 11.4. The second kappa shape index (κ2) is 7.23. The molecule has 0 aliphatic heterocycles. The fourth-order valence-corrected chi connectivity index (χ4v) is 1.08. The minimum absolute atomic E-state index is 0.113. The standard InChI is InChI=1S/C11H14O7/c1-3-5-18-9(14)7-11(16,6-8(12)13)10(15)17-4-2/h3-4,16H,1-2,5-7H2,(H,12,13). The quantitative estimate of drug-likeness (QED) is 0.358. The number of aliphatic carboxylic acids is 1. The predicted octanol–water partition coefficient (Wildman–Crippen LogP) is -0.00180. The first kappa shape index (κ1) is 15.9. The van der Waals surface area contributed by atoms with Crippen LogP contribution in [0.3, 0.4) is 0 Å². The fourth-order valence-electron chi connectivity index (χ4n) is 1.08. The summed E-state index contributed by atoms with van der Waals surface area (Å²) in [6, 6.07) is 0. The molecule has 0 spiro atoms. The highest BCUT2D eigenvalue weighted by Gasteiger charge is 2.42. The van der Waals surface area contributed by atoms with E-state index in [0.29, 0.717) is 0 Å². The van der Waals surface area contributed by atoms with Crippen molar-refractivity contribution in [1.29, 1.82) is 0 Å². The van der Waals surface area contributed by atoms with Crippen molar-refractivity contribution in [2.45, 2.75) is 18.4 Å². The van der Waals surface area contributed by atoms with E-state index in [0.717, 1.165) is 6.26 Å². The lowest BCUT2D eigenvalue weighted by molar-refractivity contribution is -0.172. The molecule has 0 aromatic heterocycles. The first-order chi connectivity index (χ1) is 8.35. The Labute approximate surface area is 103 Å². The van der Waals surface area contributed by atoms with Gasteiger partial charge in [-0.1, -0.05) is 19.2 Å². The van der Waals surface area contributed by atoms with Crippen molar-refractivity contribution in [3.05, 3.63) is 25.5 Å². The van der Waals surface area contributed by atoms with Crippen LogP contribution in [0.4, 0.5) is 0 Å². The van der Waals surface area contributed by atoms with Crippen LogP contribution in [0.25, 0.3) is 0 Å². The molecule has 0 rings (SSSR count). The third-order valence-electron chi connectivity index (χ3n) is 1.81. The molecule has 1 unspecified atom stereocenters. The van der Waals surface area contributed by atoms with Crippen molar-refractivity contribution in [2.24, 2.45) is 0 Å². The summed E-state index contributed by atoms with van der Waals surface area (Å²) >= 11 is 0. The molecule has 18 heavy (non-hydrogen) atoms. The van der Waals surface area contributed by atoms with E-state index in [4.69, 9.17) is 5.11 Å². The number of ether oxygens (including phenoxy) is 2. The van der Waals surface area contributed by atoms with Gasteiger partial charge in [-0.2, -0.15) is 0 Å². The summed E-state index contributed by atoms with van der Waals surface area (Å²) in [5.74, 6) is -3.69. The molecule has 7 nitrogen and oxygen atoms in total. The molecule has 0 amide bonds. The number of carbonyl (C=O) groups excluding carboxylic acids is 2. The molecule has 0 aromatic rings. The maximum absolute atomic E-state index is 11.4. The van der Waals surface area contributed by atoms with E-state index in [1.807, 2.05) is 0 Å². The number of carboxylic acid groups (broad SMARTS) is 1.